The van der Waals surface area contributed by atoms with Gasteiger partial charge in [0.05, 0.1) is 6.54 Å². The lowest BCUT2D eigenvalue weighted by atomic mass is 10.1. The summed E-state index contributed by atoms with van der Waals surface area (Å²) < 4.78 is 0. The highest BCUT2D eigenvalue weighted by Gasteiger charge is 2.16. The van der Waals surface area contributed by atoms with E-state index >= 15 is 0 Å². The maximum absolute atomic E-state index is 13.0. The van der Waals surface area contributed by atoms with E-state index in [-0.39, 0.29) is 30.2 Å². The van der Waals surface area contributed by atoms with Crippen LogP contribution in [0.1, 0.15) is 31.1 Å². The monoisotopic (exact) mass is 458 g/mol. The van der Waals surface area contributed by atoms with Crippen LogP contribution in [0.2, 0.25) is 0 Å². The molecular weight excluding hydrogens is 428 g/mol. The summed E-state index contributed by atoms with van der Waals surface area (Å²) in [6.45, 7) is 6.13. The number of carbonyl (C=O) groups is 3. The molecule has 0 radical (unpaired) electrons. The van der Waals surface area contributed by atoms with Gasteiger partial charge in [0.15, 0.2) is 0 Å². The molecule has 7 nitrogen and oxygen atoms in total. The standard InChI is InChI=1S/C27H30N4O3/c1-4-31(24-14-6-5-7-15-24)27(34)20-10-8-12-22(16-20)29-25(32)18-28-21-11-9-13-23(17-21)30-26(33)19(2)3/h5-17,19,28H,4,18H2,1-3H3,(H,29,32)(H,30,33). The van der Waals surface area contributed by atoms with E-state index < -0.39 is 0 Å². The van der Waals surface area contributed by atoms with Gasteiger partial charge < -0.3 is 20.9 Å². The zero-order valence-corrected chi connectivity index (χ0v) is 19.7. The van der Waals surface area contributed by atoms with Crippen molar-refractivity contribution < 1.29 is 14.4 Å². The maximum Gasteiger partial charge on any atom is 0.258 e. The van der Waals surface area contributed by atoms with E-state index in [2.05, 4.69) is 16.0 Å². The van der Waals surface area contributed by atoms with E-state index in [1.54, 1.807) is 47.4 Å². The molecule has 0 fully saturated rings. The molecule has 0 saturated heterocycles. The number of para-hydroxylation sites is 1. The Labute approximate surface area is 200 Å². The SMILES string of the molecule is CCN(C(=O)c1cccc(NC(=O)CNc2cccc(NC(=O)C(C)C)c2)c1)c1ccccc1. The Hall–Kier alpha value is -4.13. The molecule has 0 saturated carbocycles. The largest absolute Gasteiger partial charge is 0.376 e. The van der Waals surface area contributed by atoms with Crippen LogP contribution in [0.5, 0.6) is 0 Å². The topological polar surface area (TPSA) is 90.5 Å². The Balaban J connectivity index is 1.60. The van der Waals surface area contributed by atoms with Crippen molar-refractivity contribution in [3.8, 4) is 0 Å². The summed E-state index contributed by atoms with van der Waals surface area (Å²) in [4.78, 5) is 39.1. The predicted molar refractivity (Wildman–Crippen MR) is 137 cm³/mol. The lowest BCUT2D eigenvalue weighted by molar-refractivity contribution is -0.119. The van der Waals surface area contributed by atoms with E-state index in [1.807, 2.05) is 57.2 Å². The van der Waals surface area contributed by atoms with Crippen molar-refractivity contribution in [1.82, 2.24) is 0 Å². The molecule has 0 aliphatic rings. The van der Waals surface area contributed by atoms with Crippen molar-refractivity contribution in [2.24, 2.45) is 5.92 Å². The molecule has 0 atom stereocenters. The highest BCUT2D eigenvalue weighted by molar-refractivity contribution is 6.07. The maximum atomic E-state index is 13.0. The van der Waals surface area contributed by atoms with Crippen LogP contribution < -0.4 is 20.9 Å². The van der Waals surface area contributed by atoms with Crippen LogP contribution in [0, 0.1) is 5.92 Å². The fourth-order valence-corrected chi connectivity index (χ4v) is 3.32. The number of hydrogen-bond acceptors (Lipinski definition) is 4. The smallest absolute Gasteiger partial charge is 0.258 e. The summed E-state index contributed by atoms with van der Waals surface area (Å²) >= 11 is 0. The summed E-state index contributed by atoms with van der Waals surface area (Å²) in [5.74, 6) is -0.583. The fourth-order valence-electron chi connectivity index (χ4n) is 3.32. The van der Waals surface area contributed by atoms with Crippen LogP contribution >= 0.6 is 0 Å². The van der Waals surface area contributed by atoms with E-state index in [0.29, 0.717) is 29.2 Å². The van der Waals surface area contributed by atoms with E-state index in [9.17, 15) is 14.4 Å². The molecule has 176 valence electrons. The number of rotatable bonds is 9. The van der Waals surface area contributed by atoms with Gasteiger partial charge >= 0.3 is 0 Å². The Bertz CT molecular complexity index is 1150. The minimum atomic E-state index is -0.253. The minimum absolute atomic E-state index is 0.0326. The van der Waals surface area contributed by atoms with Crippen molar-refractivity contribution in [2.45, 2.75) is 20.8 Å². The molecule has 7 heteroatoms. The van der Waals surface area contributed by atoms with Crippen molar-refractivity contribution in [1.29, 1.82) is 0 Å². The predicted octanol–water partition coefficient (Wildman–Crippen LogP) is 5.00. The van der Waals surface area contributed by atoms with E-state index in [4.69, 9.17) is 0 Å². The second kappa shape index (κ2) is 11.7. The van der Waals surface area contributed by atoms with Gasteiger partial charge in [0.25, 0.3) is 5.91 Å². The summed E-state index contributed by atoms with van der Waals surface area (Å²) in [5, 5.41) is 8.72. The normalized spacial score (nSPS) is 10.5. The van der Waals surface area contributed by atoms with Crippen molar-refractivity contribution >= 4 is 40.5 Å². The van der Waals surface area contributed by atoms with E-state index in [1.165, 1.54) is 0 Å². The second-order valence-corrected chi connectivity index (χ2v) is 8.09. The second-order valence-electron chi connectivity index (χ2n) is 8.09. The zero-order valence-electron chi connectivity index (χ0n) is 19.7. The minimum Gasteiger partial charge on any atom is -0.376 e. The number of nitrogens with one attached hydrogen (secondary N) is 3. The molecule has 3 aromatic carbocycles. The Kier molecular flexibility index (Phi) is 8.40. The first-order valence-electron chi connectivity index (χ1n) is 11.3. The molecule has 0 aliphatic heterocycles. The van der Waals surface area contributed by atoms with Gasteiger partial charge in [0, 0.05) is 40.8 Å². The van der Waals surface area contributed by atoms with Crippen LogP contribution in [0.25, 0.3) is 0 Å². The summed E-state index contributed by atoms with van der Waals surface area (Å²) in [5.41, 5.74) is 3.22. The summed E-state index contributed by atoms with van der Waals surface area (Å²) in [6.07, 6.45) is 0. The summed E-state index contributed by atoms with van der Waals surface area (Å²) in [6, 6.07) is 23.6. The quantitative estimate of drug-likeness (QED) is 0.421. The molecule has 0 aliphatic carbocycles. The first-order valence-corrected chi connectivity index (χ1v) is 11.3. The number of hydrogen-bond donors (Lipinski definition) is 3. The van der Waals surface area contributed by atoms with Crippen molar-refractivity contribution in [2.75, 3.05) is 33.9 Å². The Morgan fingerprint density at radius 2 is 1.44 bits per heavy atom. The molecule has 0 heterocycles. The first kappa shape index (κ1) is 24.5. The van der Waals surface area contributed by atoms with Gasteiger partial charge in [-0.3, -0.25) is 14.4 Å². The fraction of sp³-hybridized carbons (Fsp3) is 0.222. The molecule has 0 unspecified atom stereocenters. The molecule has 3 N–H and O–H groups in total. The average molecular weight is 459 g/mol. The lowest BCUT2D eigenvalue weighted by Gasteiger charge is -2.21. The third-order valence-electron chi connectivity index (χ3n) is 5.13. The van der Waals surface area contributed by atoms with Crippen LogP contribution in [0.3, 0.4) is 0 Å². The summed E-state index contributed by atoms with van der Waals surface area (Å²) in [7, 11) is 0. The Morgan fingerprint density at radius 1 is 0.794 bits per heavy atom. The third-order valence-corrected chi connectivity index (χ3v) is 5.13. The number of benzene rings is 3. The highest BCUT2D eigenvalue weighted by Crippen LogP contribution is 2.19. The van der Waals surface area contributed by atoms with E-state index in [0.717, 1.165) is 5.69 Å². The average Bonchev–Trinajstić information content (AvgIpc) is 2.84. The van der Waals surface area contributed by atoms with Gasteiger partial charge in [0.2, 0.25) is 11.8 Å². The molecule has 3 rings (SSSR count). The van der Waals surface area contributed by atoms with Crippen LogP contribution in [-0.2, 0) is 9.59 Å². The van der Waals surface area contributed by atoms with Gasteiger partial charge in [0.1, 0.15) is 0 Å². The van der Waals surface area contributed by atoms with Crippen LogP contribution in [-0.4, -0.2) is 30.8 Å². The molecular formula is C27H30N4O3. The zero-order chi connectivity index (χ0) is 24.5. The van der Waals surface area contributed by atoms with Crippen molar-refractivity contribution in [3.63, 3.8) is 0 Å². The van der Waals surface area contributed by atoms with Crippen molar-refractivity contribution in [3.05, 3.63) is 84.4 Å². The third kappa shape index (κ3) is 6.68. The van der Waals surface area contributed by atoms with Gasteiger partial charge in [-0.25, -0.2) is 0 Å². The van der Waals surface area contributed by atoms with Crippen LogP contribution in [0.4, 0.5) is 22.7 Å². The van der Waals surface area contributed by atoms with Crippen LogP contribution in [0.15, 0.2) is 78.9 Å². The number of amides is 3. The van der Waals surface area contributed by atoms with Gasteiger partial charge in [-0.1, -0.05) is 44.2 Å². The molecule has 34 heavy (non-hydrogen) atoms. The molecule has 3 aromatic rings. The molecule has 0 aromatic heterocycles. The number of carbonyl (C=O) groups excluding carboxylic acids is 3. The molecule has 0 bridgehead atoms. The molecule has 0 spiro atoms. The first-order chi connectivity index (χ1) is 16.4. The van der Waals surface area contributed by atoms with Gasteiger partial charge in [-0.05, 0) is 55.5 Å². The lowest BCUT2D eigenvalue weighted by Crippen LogP contribution is -2.30. The number of anilines is 4. The van der Waals surface area contributed by atoms with Gasteiger partial charge in [-0.2, -0.15) is 0 Å². The van der Waals surface area contributed by atoms with Gasteiger partial charge in [-0.15, -0.1) is 0 Å². The molecule has 3 amide bonds. The highest BCUT2D eigenvalue weighted by atomic mass is 16.2. The Morgan fingerprint density at radius 3 is 2.12 bits per heavy atom. The number of nitrogens with zero attached hydrogens (tertiary/aromatic N) is 1.